The lowest BCUT2D eigenvalue weighted by Gasteiger charge is -2.15. The Morgan fingerprint density at radius 1 is 1.04 bits per heavy atom. The number of carbonyl (C=O) groups excluding carboxylic acids is 2. The number of halogens is 2. The van der Waals surface area contributed by atoms with Gasteiger partial charge in [-0.05, 0) is 66.1 Å². The number of nitrogens with zero attached hydrogens (tertiary/aromatic N) is 2. The van der Waals surface area contributed by atoms with Gasteiger partial charge in [0.05, 0.1) is 27.4 Å². The number of thiophene rings is 1. The van der Waals surface area contributed by atoms with Gasteiger partial charge in [-0.1, -0.05) is 12.1 Å². The van der Waals surface area contributed by atoms with Gasteiger partial charge in [0.25, 0.3) is 0 Å². The van der Waals surface area contributed by atoms with Gasteiger partial charge < -0.3 is 25.8 Å². The highest BCUT2D eigenvalue weighted by atomic mass is 32.1. The van der Waals surface area contributed by atoms with E-state index in [-0.39, 0.29) is 12.2 Å². The Balaban J connectivity index is 1.17. The van der Waals surface area contributed by atoms with Gasteiger partial charge in [-0.3, -0.25) is 19.6 Å². The predicted octanol–water partition coefficient (Wildman–Crippen LogP) is 5.76. The number of benzene rings is 2. The molecule has 0 radical (unpaired) electrons. The number of hydrogen-bond acceptors (Lipinski definition) is 8. The zero-order chi connectivity index (χ0) is 31.6. The molecule has 3 aromatic heterocycles. The molecule has 12 heteroatoms. The molecule has 1 aliphatic rings. The molecule has 0 saturated heterocycles. The van der Waals surface area contributed by atoms with Crippen LogP contribution in [0.3, 0.4) is 0 Å². The zero-order valence-electron chi connectivity index (χ0n) is 24.2. The second-order valence-electron chi connectivity index (χ2n) is 10.7. The summed E-state index contributed by atoms with van der Waals surface area (Å²) in [6, 6.07) is 17.0. The first-order chi connectivity index (χ1) is 21.8. The van der Waals surface area contributed by atoms with Crippen molar-refractivity contribution in [2.75, 3.05) is 25.6 Å². The largest absolute Gasteiger partial charge is 0.453 e. The minimum atomic E-state index is -1.54. The van der Waals surface area contributed by atoms with E-state index in [9.17, 15) is 14.0 Å². The Hall–Kier alpha value is -4.78. The maximum Gasteiger partial charge on any atom is 0.240 e. The van der Waals surface area contributed by atoms with Crippen LogP contribution in [0.25, 0.3) is 20.8 Å². The standard InChI is InChI=1S/C33H29F2N5O4S/c1-43-13-12-37-17-19-2-8-25(39-18-19)29-15-26-30(45-29)28(10-11-38-26)44-27-9-3-20(14-24(27)35)23-16-33(23,31(36)41)32(42)40-22-6-4-21(34)5-7-22/h2-11,14-15,18,23,37H,12-13,16-17H2,1H3,(H2,36,41)(H,40,42). The van der Waals surface area contributed by atoms with E-state index < -0.39 is 34.8 Å². The van der Waals surface area contributed by atoms with E-state index in [1.54, 1.807) is 25.4 Å². The van der Waals surface area contributed by atoms with E-state index in [2.05, 4.69) is 20.6 Å². The summed E-state index contributed by atoms with van der Waals surface area (Å²) >= 11 is 1.44. The van der Waals surface area contributed by atoms with E-state index in [4.69, 9.17) is 15.2 Å². The van der Waals surface area contributed by atoms with E-state index in [1.807, 2.05) is 24.4 Å². The van der Waals surface area contributed by atoms with Crippen LogP contribution in [0.2, 0.25) is 0 Å². The molecular weight excluding hydrogens is 600 g/mol. The minimum Gasteiger partial charge on any atom is -0.453 e. The average Bonchev–Trinajstić information content (AvgIpc) is 3.66. The molecule has 45 heavy (non-hydrogen) atoms. The normalized spacial score (nSPS) is 17.3. The van der Waals surface area contributed by atoms with Crippen LogP contribution < -0.4 is 21.1 Å². The first kappa shape index (κ1) is 30.3. The van der Waals surface area contributed by atoms with Crippen molar-refractivity contribution < 1.29 is 27.8 Å². The van der Waals surface area contributed by atoms with E-state index >= 15 is 4.39 Å². The Morgan fingerprint density at radius 2 is 1.87 bits per heavy atom. The van der Waals surface area contributed by atoms with E-state index in [1.165, 1.54) is 47.7 Å². The van der Waals surface area contributed by atoms with Crippen molar-refractivity contribution in [1.82, 2.24) is 15.3 Å². The van der Waals surface area contributed by atoms with Crippen LogP contribution in [0.15, 0.2) is 79.1 Å². The lowest BCUT2D eigenvalue weighted by Crippen LogP contribution is -2.37. The summed E-state index contributed by atoms with van der Waals surface area (Å²) in [6.07, 6.45) is 3.53. The number of ether oxygens (including phenoxy) is 2. The molecule has 4 N–H and O–H groups in total. The van der Waals surface area contributed by atoms with Crippen molar-refractivity contribution in [3.05, 3.63) is 102 Å². The first-order valence-electron chi connectivity index (χ1n) is 14.2. The van der Waals surface area contributed by atoms with Crippen molar-refractivity contribution in [3.8, 4) is 22.1 Å². The third-order valence-corrected chi connectivity index (χ3v) is 8.91. The summed E-state index contributed by atoms with van der Waals surface area (Å²) < 4.78 is 40.4. The van der Waals surface area contributed by atoms with Crippen molar-refractivity contribution in [1.29, 1.82) is 0 Å². The fraction of sp³-hybridized carbons (Fsp3) is 0.212. The van der Waals surface area contributed by atoms with Crippen LogP contribution in [0.4, 0.5) is 14.5 Å². The van der Waals surface area contributed by atoms with Crippen LogP contribution >= 0.6 is 11.3 Å². The SMILES string of the molecule is COCCNCc1ccc(-c2cc3nccc(Oc4ccc(C5CC5(C(N)=O)C(=O)Nc5ccc(F)cc5)cc4F)c3s2)nc1. The molecule has 2 unspecified atom stereocenters. The van der Waals surface area contributed by atoms with Crippen LogP contribution in [0.5, 0.6) is 11.5 Å². The molecule has 2 aromatic carbocycles. The van der Waals surface area contributed by atoms with Gasteiger partial charge in [-0.2, -0.15) is 0 Å². The van der Waals surface area contributed by atoms with Gasteiger partial charge >= 0.3 is 0 Å². The van der Waals surface area contributed by atoms with Gasteiger partial charge in [0.15, 0.2) is 11.6 Å². The first-order valence-corrected chi connectivity index (χ1v) is 15.0. The third kappa shape index (κ3) is 6.25. The Labute approximate surface area is 261 Å². The van der Waals surface area contributed by atoms with Crippen LogP contribution in [0, 0.1) is 17.0 Å². The smallest absolute Gasteiger partial charge is 0.240 e. The number of carbonyl (C=O) groups is 2. The quantitative estimate of drug-likeness (QED) is 0.118. The number of anilines is 1. The minimum absolute atomic E-state index is 0.0225. The van der Waals surface area contributed by atoms with Crippen molar-refractivity contribution >= 4 is 39.1 Å². The average molecular weight is 630 g/mol. The lowest BCUT2D eigenvalue weighted by atomic mass is 9.97. The number of nitrogens with one attached hydrogen (secondary N) is 2. The molecule has 6 rings (SSSR count). The second-order valence-corrected chi connectivity index (χ2v) is 11.8. The molecule has 9 nitrogen and oxygen atoms in total. The molecule has 1 saturated carbocycles. The number of pyridine rings is 2. The van der Waals surface area contributed by atoms with Crippen LogP contribution in [-0.2, 0) is 20.9 Å². The summed E-state index contributed by atoms with van der Waals surface area (Å²) in [4.78, 5) is 35.4. The highest BCUT2D eigenvalue weighted by Crippen LogP contribution is 2.60. The zero-order valence-corrected chi connectivity index (χ0v) is 25.0. The van der Waals surface area contributed by atoms with E-state index in [0.717, 1.165) is 27.4 Å². The van der Waals surface area contributed by atoms with Gasteiger partial charge in [0.1, 0.15) is 17.0 Å². The maximum absolute atomic E-state index is 15.4. The number of aromatic nitrogens is 2. The second kappa shape index (κ2) is 12.7. The highest BCUT2D eigenvalue weighted by Gasteiger charge is 2.65. The Bertz CT molecular complexity index is 1870. The molecule has 2 atom stereocenters. The monoisotopic (exact) mass is 629 g/mol. The number of rotatable bonds is 12. The number of fused-ring (bicyclic) bond motifs is 1. The van der Waals surface area contributed by atoms with Crippen LogP contribution in [0.1, 0.15) is 23.5 Å². The Morgan fingerprint density at radius 3 is 2.58 bits per heavy atom. The number of methoxy groups -OCH3 is 1. The summed E-state index contributed by atoms with van der Waals surface area (Å²) in [5, 5.41) is 5.90. The third-order valence-electron chi connectivity index (χ3n) is 7.75. The van der Waals surface area contributed by atoms with Crippen molar-refractivity contribution in [2.24, 2.45) is 11.1 Å². The molecular formula is C33H29F2N5O4S. The number of amides is 2. The van der Waals surface area contributed by atoms with Gasteiger partial charge in [-0.25, -0.2) is 8.78 Å². The molecule has 0 bridgehead atoms. The number of primary amides is 1. The molecule has 1 aliphatic carbocycles. The summed E-state index contributed by atoms with van der Waals surface area (Å²) in [5.41, 5.74) is 7.39. The van der Waals surface area contributed by atoms with Gasteiger partial charge in [0, 0.05) is 50.3 Å². The van der Waals surface area contributed by atoms with E-state index in [0.29, 0.717) is 35.7 Å². The predicted molar refractivity (Wildman–Crippen MR) is 167 cm³/mol. The molecule has 2 amide bonds. The topological polar surface area (TPSA) is 128 Å². The number of hydrogen-bond donors (Lipinski definition) is 3. The highest BCUT2D eigenvalue weighted by molar-refractivity contribution is 7.22. The van der Waals surface area contributed by atoms with Gasteiger partial charge in [-0.15, -0.1) is 11.3 Å². The fourth-order valence-corrected chi connectivity index (χ4v) is 6.26. The van der Waals surface area contributed by atoms with Crippen LogP contribution in [-0.4, -0.2) is 42.0 Å². The molecule has 0 aliphatic heterocycles. The summed E-state index contributed by atoms with van der Waals surface area (Å²) in [7, 11) is 1.66. The summed E-state index contributed by atoms with van der Waals surface area (Å²) in [6.45, 7) is 2.06. The molecule has 3 heterocycles. The van der Waals surface area contributed by atoms with Gasteiger partial charge in [0.2, 0.25) is 11.8 Å². The molecule has 1 fully saturated rings. The molecule has 230 valence electrons. The summed E-state index contributed by atoms with van der Waals surface area (Å²) in [5.74, 6) is -2.77. The molecule has 5 aromatic rings. The van der Waals surface area contributed by atoms with Crippen molar-refractivity contribution in [3.63, 3.8) is 0 Å². The molecule has 0 spiro atoms. The number of nitrogens with two attached hydrogens (primary N) is 1. The maximum atomic E-state index is 15.4. The Kier molecular flexibility index (Phi) is 8.52. The lowest BCUT2D eigenvalue weighted by molar-refractivity contribution is -0.132. The van der Waals surface area contributed by atoms with Crippen molar-refractivity contribution in [2.45, 2.75) is 18.9 Å². The fourth-order valence-electron chi connectivity index (χ4n) is 5.21.